The molecule has 1 atom stereocenters. The molecule has 6 heteroatoms. The van der Waals surface area contributed by atoms with Crippen molar-refractivity contribution in [3.63, 3.8) is 0 Å². The van der Waals surface area contributed by atoms with Gasteiger partial charge in [-0.25, -0.2) is 4.79 Å². The van der Waals surface area contributed by atoms with Crippen molar-refractivity contribution < 1.29 is 14.3 Å². The molecule has 1 heterocycles. The highest BCUT2D eigenvalue weighted by Gasteiger charge is 2.23. The van der Waals surface area contributed by atoms with Gasteiger partial charge in [0.25, 0.3) is 5.91 Å². The van der Waals surface area contributed by atoms with Crippen LogP contribution < -0.4 is 5.32 Å². The van der Waals surface area contributed by atoms with E-state index in [0.717, 1.165) is 42.2 Å². The fraction of sp³-hybridized carbons (Fsp3) is 0.259. The van der Waals surface area contributed by atoms with E-state index < -0.39 is 0 Å². The third-order valence-corrected chi connectivity index (χ3v) is 6.35. The molecule has 1 aliphatic heterocycles. The summed E-state index contributed by atoms with van der Waals surface area (Å²) in [5.41, 5.74) is 5.64. The first-order valence-electron chi connectivity index (χ1n) is 11.0. The molecule has 4 rings (SSSR count). The predicted octanol–water partition coefficient (Wildman–Crippen LogP) is 5.18. The number of nitrogens with zero attached hydrogens (tertiary/aromatic N) is 1. The average Bonchev–Trinajstić information content (AvgIpc) is 2.84. The molecule has 0 unspecified atom stereocenters. The second kappa shape index (κ2) is 10.2. The molecule has 3 aromatic carbocycles. The quantitative estimate of drug-likeness (QED) is 0.513. The predicted molar refractivity (Wildman–Crippen MR) is 129 cm³/mol. The number of nitrogens with one attached hydrogen (secondary N) is 1. The van der Waals surface area contributed by atoms with Crippen LogP contribution in [0.2, 0.25) is 5.02 Å². The summed E-state index contributed by atoms with van der Waals surface area (Å²) in [5.74, 6) is -0.470. The number of amides is 1. The summed E-state index contributed by atoms with van der Waals surface area (Å²) < 4.78 is 4.74. The smallest absolute Gasteiger partial charge is 0.337 e. The summed E-state index contributed by atoms with van der Waals surface area (Å²) in [7, 11) is 1.36. The number of methoxy groups -OCH3 is 1. The van der Waals surface area contributed by atoms with Gasteiger partial charge in [0.2, 0.25) is 0 Å². The maximum atomic E-state index is 13.2. The van der Waals surface area contributed by atoms with E-state index in [1.54, 1.807) is 12.1 Å². The Morgan fingerprint density at radius 3 is 2.48 bits per heavy atom. The lowest BCUT2D eigenvalue weighted by atomic mass is 9.93. The van der Waals surface area contributed by atoms with Gasteiger partial charge in [0.15, 0.2) is 0 Å². The lowest BCUT2D eigenvalue weighted by molar-refractivity contribution is 0.0600. The Kier molecular flexibility index (Phi) is 7.11. The summed E-state index contributed by atoms with van der Waals surface area (Å²) in [6, 6.07) is 20.8. The van der Waals surface area contributed by atoms with Crippen molar-refractivity contribution in [2.45, 2.75) is 32.5 Å². The molecule has 1 amide bonds. The van der Waals surface area contributed by atoms with Gasteiger partial charge in [0, 0.05) is 30.2 Å². The minimum atomic E-state index is -0.377. The third-order valence-electron chi connectivity index (χ3n) is 6.10. The summed E-state index contributed by atoms with van der Waals surface area (Å²) in [5, 5.41) is 3.84. The van der Waals surface area contributed by atoms with Crippen LogP contribution in [0.3, 0.4) is 0 Å². The van der Waals surface area contributed by atoms with Crippen molar-refractivity contribution in [3.8, 4) is 0 Å². The molecule has 0 aromatic heterocycles. The molecule has 1 N–H and O–H groups in total. The SMILES string of the molecule is COC(=O)c1ccc([C@H](C)NC(=O)c2cccc3c2CN(Cc2ccc(Cl)cc2)CC3)cc1. The summed E-state index contributed by atoms with van der Waals surface area (Å²) >= 11 is 6.01. The molecule has 170 valence electrons. The van der Waals surface area contributed by atoms with E-state index in [0.29, 0.717) is 11.1 Å². The topological polar surface area (TPSA) is 58.6 Å². The van der Waals surface area contributed by atoms with Crippen molar-refractivity contribution >= 4 is 23.5 Å². The molecule has 0 aliphatic carbocycles. The normalized spacial score (nSPS) is 14.3. The van der Waals surface area contributed by atoms with Crippen LogP contribution in [-0.2, 0) is 24.2 Å². The van der Waals surface area contributed by atoms with Gasteiger partial charge >= 0.3 is 5.97 Å². The Labute approximate surface area is 199 Å². The van der Waals surface area contributed by atoms with Crippen molar-refractivity contribution in [1.82, 2.24) is 10.2 Å². The van der Waals surface area contributed by atoms with E-state index in [-0.39, 0.29) is 17.9 Å². The van der Waals surface area contributed by atoms with Gasteiger partial charge < -0.3 is 10.1 Å². The van der Waals surface area contributed by atoms with E-state index in [9.17, 15) is 9.59 Å². The van der Waals surface area contributed by atoms with Gasteiger partial charge in [0.05, 0.1) is 18.7 Å². The molecule has 0 radical (unpaired) electrons. The molecule has 0 spiro atoms. The highest BCUT2D eigenvalue weighted by atomic mass is 35.5. The zero-order valence-electron chi connectivity index (χ0n) is 18.8. The first kappa shape index (κ1) is 23.0. The Balaban J connectivity index is 1.46. The molecular weight excluding hydrogens is 436 g/mol. The van der Waals surface area contributed by atoms with Gasteiger partial charge in [-0.15, -0.1) is 0 Å². The second-order valence-corrected chi connectivity index (χ2v) is 8.78. The van der Waals surface area contributed by atoms with Gasteiger partial charge in [-0.3, -0.25) is 9.69 Å². The number of hydrogen-bond acceptors (Lipinski definition) is 4. The van der Waals surface area contributed by atoms with E-state index in [2.05, 4.69) is 16.3 Å². The molecule has 0 fully saturated rings. The van der Waals surface area contributed by atoms with E-state index in [1.165, 1.54) is 18.2 Å². The standard InChI is InChI=1S/C27H27ClN2O3/c1-18(20-8-10-22(11-9-20)27(32)33-2)29-26(31)24-5-3-4-21-14-15-30(17-25(21)24)16-19-6-12-23(28)13-7-19/h3-13,18H,14-17H2,1-2H3,(H,29,31)/t18-/m0/s1. The summed E-state index contributed by atoms with van der Waals surface area (Å²) in [6.07, 6.45) is 0.911. The van der Waals surface area contributed by atoms with Gasteiger partial charge in [0.1, 0.15) is 0 Å². The van der Waals surface area contributed by atoms with Crippen LogP contribution >= 0.6 is 11.6 Å². The maximum absolute atomic E-state index is 13.2. The molecule has 0 bridgehead atoms. The van der Waals surface area contributed by atoms with E-state index in [1.807, 2.05) is 55.5 Å². The van der Waals surface area contributed by atoms with E-state index >= 15 is 0 Å². The Morgan fingerprint density at radius 1 is 1.06 bits per heavy atom. The lowest BCUT2D eigenvalue weighted by Crippen LogP contribution is -2.33. The van der Waals surface area contributed by atoms with E-state index in [4.69, 9.17) is 16.3 Å². The van der Waals surface area contributed by atoms with Crippen molar-refractivity contribution in [1.29, 1.82) is 0 Å². The fourth-order valence-corrected chi connectivity index (χ4v) is 4.34. The third kappa shape index (κ3) is 5.44. The second-order valence-electron chi connectivity index (χ2n) is 8.34. The van der Waals surface area contributed by atoms with Crippen LogP contribution in [-0.4, -0.2) is 30.4 Å². The Morgan fingerprint density at radius 2 is 1.79 bits per heavy atom. The number of esters is 1. The van der Waals surface area contributed by atoms with Crippen molar-refractivity contribution in [2.24, 2.45) is 0 Å². The average molecular weight is 463 g/mol. The zero-order chi connectivity index (χ0) is 23.4. The Bertz CT molecular complexity index is 1140. The molecule has 5 nitrogen and oxygen atoms in total. The first-order chi connectivity index (χ1) is 15.9. The minimum Gasteiger partial charge on any atom is -0.465 e. The minimum absolute atomic E-state index is 0.0928. The largest absolute Gasteiger partial charge is 0.465 e. The van der Waals surface area contributed by atoms with Crippen molar-refractivity contribution in [3.05, 3.63) is 105 Å². The number of benzene rings is 3. The number of carbonyl (C=O) groups excluding carboxylic acids is 2. The van der Waals surface area contributed by atoms with Crippen LogP contribution in [0.5, 0.6) is 0 Å². The number of ether oxygens (including phenoxy) is 1. The van der Waals surface area contributed by atoms with Crippen LogP contribution in [0.25, 0.3) is 0 Å². The maximum Gasteiger partial charge on any atom is 0.337 e. The molecule has 0 saturated heterocycles. The van der Waals surface area contributed by atoms with Gasteiger partial charge in [-0.05, 0) is 65.9 Å². The molecule has 1 aliphatic rings. The highest BCUT2D eigenvalue weighted by Crippen LogP contribution is 2.25. The van der Waals surface area contributed by atoms with Crippen LogP contribution in [0.15, 0.2) is 66.7 Å². The van der Waals surface area contributed by atoms with Gasteiger partial charge in [-0.1, -0.05) is 48.0 Å². The van der Waals surface area contributed by atoms with Crippen LogP contribution in [0.1, 0.15) is 55.9 Å². The number of hydrogen-bond donors (Lipinski definition) is 1. The molecule has 0 saturated carbocycles. The fourth-order valence-electron chi connectivity index (χ4n) is 4.22. The summed E-state index contributed by atoms with van der Waals surface area (Å²) in [4.78, 5) is 27.2. The number of fused-ring (bicyclic) bond motifs is 1. The highest BCUT2D eigenvalue weighted by molar-refractivity contribution is 6.30. The number of rotatable bonds is 6. The molecule has 3 aromatic rings. The monoisotopic (exact) mass is 462 g/mol. The number of carbonyl (C=O) groups is 2. The molecular formula is C27H27ClN2O3. The van der Waals surface area contributed by atoms with Crippen LogP contribution in [0.4, 0.5) is 0 Å². The zero-order valence-corrected chi connectivity index (χ0v) is 19.6. The lowest BCUT2D eigenvalue weighted by Gasteiger charge is -2.30. The first-order valence-corrected chi connectivity index (χ1v) is 11.4. The van der Waals surface area contributed by atoms with Crippen LogP contribution in [0, 0.1) is 0 Å². The molecule has 33 heavy (non-hydrogen) atoms. The number of halogens is 1. The van der Waals surface area contributed by atoms with Crippen molar-refractivity contribution in [2.75, 3.05) is 13.7 Å². The summed E-state index contributed by atoms with van der Waals surface area (Å²) in [6.45, 7) is 4.43. The Hall–Kier alpha value is -3.15. The van der Waals surface area contributed by atoms with Gasteiger partial charge in [-0.2, -0.15) is 0 Å².